The average molecular weight is 386 g/mol. The van der Waals surface area contributed by atoms with Crippen LogP contribution in [0.4, 0.5) is 0 Å². The number of nitrogens with one attached hydrogen (secondary N) is 1. The standard InChI is InChI=1S/C23H18N2O2S/c1-14-10-11-20-19(12-14)24-23(27-20)28-13-21(26)25-22-17-8-4-2-6-15(17)16-7-3-5-9-18(16)22/h2-12,22H,13H2,1H3,(H,25,26). The fraction of sp³-hybridized carbons (Fsp3) is 0.130. The zero-order valence-electron chi connectivity index (χ0n) is 15.3. The lowest BCUT2D eigenvalue weighted by Crippen LogP contribution is -2.29. The van der Waals surface area contributed by atoms with Gasteiger partial charge in [0.05, 0.1) is 11.8 Å². The van der Waals surface area contributed by atoms with Crippen LogP contribution in [0.2, 0.25) is 0 Å². The van der Waals surface area contributed by atoms with E-state index in [2.05, 4.69) is 34.6 Å². The molecule has 4 nitrogen and oxygen atoms in total. The van der Waals surface area contributed by atoms with Gasteiger partial charge < -0.3 is 9.73 Å². The van der Waals surface area contributed by atoms with Gasteiger partial charge in [-0.25, -0.2) is 4.98 Å². The molecule has 3 aromatic carbocycles. The summed E-state index contributed by atoms with van der Waals surface area (Å²) in [7, 11) is 0. The Balaban J connectivity index is 1.33. The third-order valence-corrected chi connectivity index (χ3v) is 5.82. The highest BCUT2D eigenvalue weighted by Crippen LogP contribution is 2.43. The lowest BCUT2D eigenvalue weighted by molar-refractivity contribution is -0.119. The van der Waals surface area contributed by atoms with Crippen LogP contribution in [0.25, 0.3) is 22.2 Å². The number of fused-ring (bicyclic) bond motifs is 4. The normalized spacial score (nSPS) is 12.8. The molecule has 0 atom stereocenters. The highest BCUT2D eigenvalue weighted by atomic mass is 32.2. The molecule has 1 N–H and O–H groups in total. The molecule has 1 amide bonds. The van der Waals surface area contributed by atoms with Gasteiger partial charge in [-0.1, -0.05) is 66.4 Å². The summed E-state index contributed by atoms with van der Waals surface area (Å²) in [6.45, 7) is 2.02. The molecule has 4 aromatic rings. The number of oxazole rings is 1. The molecule has 0 spiro atoms. The third-order valence-electron chi connectivity index (χ3n) is 4.99. The van der Waals surface area contributed by atoms with Gasteiger partial charge in [0.2, 0.25) is 5.91 Å². The number of hydrogen-bond donors (Lipinski definition) is 1. The molecular weight excluding hydrogens is 368 g/mol. The molecule has 1 heterocycles. The van der Waals surface area contributed by atoms with Gasteiger partial charge in [-0.3, -0.25) is 4.79 Å². The predicted octanol–water partition coefficient (Wildman–Crippen LogP) is 5.11. The summed E-state index contributed by atoms with van der Waals surface area (Å²) in [5.41, 5.74) is 7.34. The smallest absolute Gasteiger partial charge is 0.257 e. The van der Waals surface area contributed by atoms with Crippen LogP contribution in [0, 0.1) is 6.92 Å². The Morgan fingerprint density at radius 2 is 1.71 bits per heavy atom. The first kappa shape index (κ1) is 17.1. The van der Waals surface area contributed by atoms with Gasteiger partial charge >= 0.3 is 0 Å². The van der Waals surface area contributed by atoms with Crippen molar-refractivity contribution in [2.24, 2.45) is 0 Å². The number of aromatic nitrogens is 1. The Morgan fingerprint density at radius 3 is 2.43 bits per heavy atom. The van der Waals surface area contributed by atoms with Gasteiger partial charge in [0.25, 0.3) is 5.22 Å². The van der Waals surface area contributed by atoms with E-state index >= 15 is 0 Å². The van der Waals surface area contributed by atoms with Crippen LogP contribution < -0.4 is 5.32 Å². The van der Waals surface area contributed by atoms with Gasteiger partial charge in [0.15, 0.2) is 5.58 Å². The number of aryl methyl sites for hydroxylation is 1. The molecule has 1 aliphatic rings. The van der Waals surface area contributed by atoms with Gasteiger partial charge in [0, 0.05) is 0 Å². The Labute approximate surface area is 167 Å². The first-order chi connectivity index (χ1) is 13.7. The first-order valence-electron chi connectivity index (χ1n) is 9.16. The van der Waals surface area contributed by atoms with E-state index < -0.39 is 0 Å². The van der Waals surface area contributed by atoms with Gasteiger partial charge in [-0.05, 0) is 46.9 Å². The van der Waals surface area contributed by atoms with Gasteiger partial charge in [-0.2, -0.15) is 0 Å². The van der Waals surface area contributed by atoms with Crippen molar-refractivity contribution in [2.75, 3.05) is 5.75 Å². The van der Waals surface area contributed by atoms with Crippen molar-refractivity contribution >= 4 is 28.8 Å². The van der Waals surface area contributed by atoms with Crippen LogP contribution in [-0.4, -0.2) is 16.6 Å². The second kappa shape index (κ2) is 6.84. The van der Waals surface area contributed by atoms with Gasteiger partial charge in [0.1, 0.15) is 5.52 Å². The number of thioether (sulfide) groups is 1. The largest absolute Gasteiger partial charge is 0.431 e. The first-order valence-corrected chi connectivity index (χ1v) is 10.2. The van der Waals surface area contributed by atoms with E-state index in [0.29, 0.717) is 5.22 Å². The lowest BCUT2D eigenvalue weighted by atomic mass is 10.1. The van der Waals surface area contributed by atoms with Crippen LogP contribution in [0.15, 0.2) is 76.4 Å². The quantitative estimate of drug-likeness (QED) is 0.495. The summed E-state index contributed by atoms with van der Waals surface area (Å²) < 4.78 is 5.73. The minimum absolute atomic E-state index is 0.0417. The number of carbonyl (C=O) groups is 1. The van der Waals surface area contributed by atoms with E-state index in [-0.39, 0.29) is 17.7 Å². The molecule has 0 fully saturated rings. The van der Waals surface area contributed by atoms with Crippen LogP contribution >= 0.6 is 11.8 Å². The number of nitrogens with zero attached hydrogens (tertiary/aromatic N) is 1. The summed E-state index contributed by atoms with van der Waals surface area (Å²) in [6.07, 6.45) is 0. The maximum absolute atomic E-state index is 12.7. The van der Waals surface area contributed by atoms with Crippen LogP contribution in [-0.2, 0) is 4.79 Å². The van der Waals surface area contributed by atoms with Crippen molar-refractivity contribution in [3.8, 4) is 11.1 Å². The Bertz CT molecular complexity index is 1150. The molecule has 0 saturated carbocycles. The third kappa shape index (κ3) is 2.98. The van der Waals surface area contributed by atoms with Crippen molar-refractivity contribution in [1.29, 1.82) is 0 Å². The van der Waals surface area contributed by atoms with Crippen LogP contribution in [0.3, 0.4) is 0 Å². The van der Waals surface area contributed by atoms with E-state index in [9.17, 15) is 4.79 Å². The zero-order chi connectivity index (χ0) is 19.1. The molecule has 1 aliphatic carbocycles. The zero-order valence-corrected chi connectivity index (χ0v) is 16.1. The fourth-order valence-corrected chi connectivity index (χ4v) is 4.37. The SMILES string of the molecule is Cc1ccc2oc(SCC(=O)NC3c4ccccc4-c4ccccc43)nc2c1. The van der Waals surface area contributed by atoms with Crippen LogP contribution in [0.1, 0.15) is 22.7 Å². The summed E-state index contributed by atoms with van der Waals surface area (Å²) in [6, 6.07) is 22.2. The molecule has 0 saturated heterocycles. The molecule has 1 aromatic heterocycles. The topological polar surface area (TPSA) is 55.1 Å². The van der Waals surface area contributed by atoms with E-state index in [4.69, 9.17) is 4.42 Å². The second-order valence-corrected chi connectivity index (χ2v) is 7.84. The minimum Gasteiger partial charge on any atom is -0.431 e. The Morgan fingerprint density at radius 1 is 1.04 bits per heavy atom. The number of amides is 1. The average Bonchev–Trinajstić information content (AvgIpc) is 3.26. The molecule has 5 heteroatoms. The minimum atomic E-state index is -0.119. The maximum Gasteiger partial charge on any atom is 0.257 e. The summed E-state index contributed by atoms with van der Waals surface area (Å²) in [5, 5.41) is 3.69. The van der Waals surface area contributed by atoms with E-state index in [1.165, 1.54) is 22.9 Å². The van der Waals surface area contributed by atoms with E-state index in [0.717, 1.165) is 27.8 Å². The summed E-state index contributed by atoms with van der Waals surface area (Å²) >= 11 is 1.32. The fourth-order valence-electron chi connectivity index (χ4n) is 3.72. The highest BCUT2D eigenvalue weighted by molar-refractivity contribution is 7.99. The molecule has 0 bridgehead atoms. The lowest BCUT2D eigenvalue weighted by Gasteiger charge is -2.15. The summed E-state index contributed by atoms with van der Waals surface area (Å²) in [5.74, 6) is 0.215. The number of carbonyl (C=O) groups excluding carboxylic acids is 1. The monoisotopic (exact) mass is 386 g/mol. The maximum atomic E-state index is 12.7. The molecule has 138 valence electrons. The Kier molecular flexibility index (Phi) is 4.17. The molecule has 0 radical (unpaired) electrons. The van der Waals surface area contributed by atoms with Crippen molar-refractivity contribution in [3.05, 3.63) is 83.4 Å². The van der Waals surface area contributed by atoms with Gasteiger partial charge in [-0.15, -0.1) is 0 Å². The van der Waals surface area contributed by atoms with Crippen molar-refractivity contribution in [2.45, 2.75) is 18.2 Å². The van der Waals surface area contributed by atoms with Crippen molar-refractivity contribution in [1.82, 2.24) is 10.3 Å². The summed E-state index contributed by atoms with van der Waals surface area (Å²) in [4.78, 5) is 17.1. The van der Waals surface area contributed by atoms with Crippen molar-refractivity contribution < 1.29 is 9.21 Å². The number of benzene rings is 3. The number of hydrogen-bond acceptors (Lipinski definition) is 4. The van der Waals surface area contributed by atoms with E-state index in [1.807, 2.05) is 49.4 Å². The molecule has 0 unspecified atom stereocenters. The second-order valence-electron chi connectivity index (χ2n) is 6.91. The Hall–Kier alpha value is -3.05. The van der Waals surface area contributed by atoms with Crippen molar-refractivity contribution in [3.63, 3.8) is 0 Å². The number of rotatable bonds is 4. The molecule has 28 heavy (non-hydrogen) atoms. The highest BCUT2D eigenvalue weighted by Gasteiger charge is 2.29. The van der Waals surface area contributed by atoms with E-state index in [1.54, 1.807) is 0 Å². The molecule has 5 rings (SSSR count). The van der Waals surface area contributed by atoms with Crippen LogP contribution in [0.5, 0.6) is 0 Å². The predicted molar refractivity (Wildman–Crippen MR) is 111 cm³/mol. The molecular formula is C23H18N2O2S. The molecule has 0 aliphatic heterocycles.